The number of rotatable bonds is 5. The van der Waals surface area contributed by atoms with Crippen molar-refractivity contribution in [1.29, 1.82) is 0 Å². The molecule has 284 valence electrons. The van der Waals surface area contributed by atoms with Gasteiger partial charge in [0.2, 0.25) is 5.91 Å². The normalized spacial score (nSPS) is 25.7. The average Bonchev–Trinajstić information content (AvgIpc) is 3.25. The molecule has 12 nitrogen and oxygen atoms in total. The minimum atomic E-state index is -1.21. The molecule has 0 radical (unpaired) electrons. The van der Waals surface area contributed by atoms with E-state index >= 15 is 0 Å². The summed E-state index contributed by atoms with van der Waals surface area (Å²) in [5, 5.41) is 14.7. The maximum atomic E-state index is 12.7. The first kappa shape index (κ1) is 41.3. The van der Waals surface area contributed by atoms with Crippen LogP contribution >= 0.6 is 15.9 Å². The summed E-state index contributed by atoms with van der Waals surface area (Å²) in [6.07, 6.45) is -0.639. The predicted molar refractivity (Wildman–Crippen MR) is 204 cm³/mol. The Morgan fingerprint density at radius 3 is 2.17 bits per heavy atom. The van der Waals surface area contributed by atoms with E-state index in [0.29, 0.717) is 19.4 Å². The third-order valence-electron chi connectivity index (χ3n) is 11.1. The number of benzene rings is 2. The molecule has 0 saturated carbocycles. The second-order valence-electron chi connectivity index (χ2n) is 15.5. The number of nitrogens with one attached hydrogen (secondary N) is 1. The van der Waals surface area contributed by atoms with Gasteiger partial charge in [0.1, 0.15) is 11.8 Å². The number of amides is 4. The Bertz CT molecular complexity index is 1690. The van der Waals surface area contributed by atoms with Crippen LogP contribution in [-0.4, -0.2) is 79.0 Å². The lowest BCUT2D eigenvalue weighted by Crippen LogP contribution is -2.60. The van der Waals surface area contributed by atoms with Gasteiger partial charge in [-0.15, -0.1) is 0 Å². The molecular weight excluding hydrogens is 731 g/mol. The van der Waals surface area contributed by atoms with Gasteiger partial charge >= 0.3 is 19.1 Å². The molecule has 14 heteroatoms. The Labute approximate surface area is 317 Å². The fourth-order valence-corrected chi connectivity index (χ4v) is 7.76. The van der Waals surface area contributed by atoms with Gasteiger partial charge in [-0.25, -0.2) is 14.1 Å². The van der Waals surface area contributed by atoms with Crippen LogP contribution in [0.25, 0.3) is 0 Å². The Balaban J connectivity index is 0.000000244. The number of anilines is 1. The van der Waals surface area contributed by atoms with E-state index < -0.39 is 36.5 Å². The molecular formula is C38H54BBrN4O8. The molecule has 2 aromatic carbocycles. The number of carbonyl (C=O) groups excluding carboxylic acids is 4. The summed E-state index contributed by atoms with van der Waals surface area (Å²) in [5.41, 5.74) is 3.23. The molecule has 1 fully saturated rings. The lowest BCUT2D eigenvalue weighted by Gasteiger charge is -2.47. The van der Waals surface area contributed by atoms with Gasteiger partial charge in [0.25, 0.3) is 0 Å². The first-order chi connectivity index (χ1) is 24.0. The van der Waals surface area contributed by atoms with Gasteiger partial charge in [-0.3, -0.25) is 4.79 Å². The lowest BCUT2D eigenvalue weighted by molar-refractivity contribution is -0.268. The molecule has 0 bridgehead atoms. The van der Waals surface area contributed by atoms with Crippen molar-refractivity contribution in [3.8, 4) is 0 Å². The van der Waals surface area contributed by atoms with Crippen molar-refractivity contribution in [3.63, 3.8) is 0 Å². The molecule has 4 amide bonds. The van der Waals surface area contributed by atoms with Gasteiger partial charge in [0.15, 0.2) is 0 Å². The molecule has 5 atom stereocenters. The van der Waals surface area contributed by atoms with Gasteiger partial charge < -0.3 is 39.1 Å². The molecule has 2 aromatic rings. The van der Waals surface area contributed by atoms with E-state index in [-0.39, 0.29) is 40.5 Å². The zero-order chi connectivity index (χ0) is 39.1. The first-order valence-corrected chi connectivity index (χ1v) is 18.8. The standard InChI is InChI=1S/C22H33BN2O5.C16H21BrN2O3/c1-9-24(20(27)28)18-12-14(2)25(8,15(3)26)19-11-10-16(13-17(18)19)23-29-21(4,5)22(6,7)30-23;1-9(2)22-16(21)18-14-7-10(3)19(11(4)20)15-6-5-12(17)8-13(14)15/h10-11,13-14,18H,9,12H2,1-8H3;5-6,8-10,14H,7H2,1-4H3,(H,18,21)/t14-,18+,25?;10-,14+/m00/s1. The molecule has 0 aliphatic carbocycles. The van der Waals surface area contributed by atoms with Gasteiger partial charge in [-0.1, -0.05) is 28.1 Å². The number of carboxylic acid groups (broad SMARTS) is 1. The summed E-state index contributed by atoms with van der Waals surface area (Å²) in [6.45, 7) is 20.8. The number of ether oxygens (including phenoxy) is 1. The summed E-state index contributed by atoms with van der Waals surface area (Å²) in [4.78, 5) is 51.5. The molecule has 0 spiro atoms. The molecule has 1 unspecified atom stereocenters. The highest BCUT2D eigenvalue weighted by Crippen LogP contribution is 2.45. The van der Waals surface area contributed by atoms with E-state index in [1.54, 1.807) is 25.7 Å². The van der Waals surface area contributed by atoms with Crippen molar-refractivity contribution < 1.29 is 38.3 Å². The van der Waals surface area contributed by atoms with E-state index in [4.69, 9.17) is 14.0 Å². The molecule has 3 heterocycles. The third kappa shape index (κ3) is 8.05. The van der Waals surface area contributed by atoms with Gasteiger partial charge in [-0.05, 0) is 104 Å². The molecule has 3 aliphatic heterocycles. The highest BCUT2D eigenvalue weighted by atomic mass is 79.9. The fraction of sp³-hybridized carbons (Fsp3) is 0.579. The maximum absolute atomic E-state index is 12.7. The van der Waals surface area contributed by atoms with Crippen LogP contribution in [0.4, 0.5) is 21.0 Å². The summed E-state index contributed by atoms with van der Waals surface area (Å²) in [5.74, 6) is 0.0151. The van der Waals surface area contributed by atoms with Crippen LogP contribution in [0.15, 0.2) is 40.9 Å². The van der Waals surface area contributed by atoms with Crippen LogP contribution in [0.2, 0.25) is 0 Å². The van der Waals surface area contributed by atoms with Crippen molar-refractivity contribution in [1.82, 2.24) is 14.7 Å². The van der Waals surface area contributed by atoms with E-state index in [1.807, 2.05) is 98.8 Å². The molecule has 3 aliphatic rings. The van der Waals surface area contributed by atoms with Crippen LogP contribution in [0.5, 0.6) is 0 Å². The number of nitrogens with zero attached hydrogens (tertiary/aromatic N) is 3. The topological polar surface area (TPSA) is 138 Å². The second kappa shape index (κ2) is 15.5. The Morgan fingerprint density at radius 2 is 1.65 bits per heavy atom. The summed E-state index contributed by atoms with van der Waals surface area (Å²) < 4.78 is 18.6. The highest BCUT2D eigenvalue weighted by molar-refractivity contribution is 9.10. The van der Waals surface area contributed by atoms with Crippen LogP contribution in [0, 0.1) is 0 Å². The fourth-order valence-electron chi connectivity index (χ4n) is 7.38. The molecule has 1 saturated heterocycles. The summed E-state index contributed by atoms with van der Waals surface area (Å²) >= 11 is 3.45. The third-order valence-corrected chi connectivity index (χ3v) is 11.6. The lowest BCUT2D eigenvalue weighted by atomic mass is 9.76. The summed E-state index contributed by atoms with van der Waals surface area (Å²) in [6, 6.07) is 10.9. The minimum Gasteiger partial charge on any atom is -0.530 e. The van der Waals surface area contributed by atoms with Crippen LogP contribution in [0.1, 0.15) is 112 Å². The van der Waals surface area contributed by atoms with Gasteiger partial charge in [0, 0.05) is 41.7 Å². The first-order valence-electron chi connectivity index (χ1n) is 18.0. The minimum absolute atomic E-state index is 0.000667. The summed E-state index contributed by atoms with van der Waals surface area (Å²) in [7, 11) is 1.33. The molecule has 0 aromatic heterocycles. The van der Waals surface area contributed by atoms with E-state index in [1.165, 1.54) is 4.90 Å². The van der Waals surface area contributed by atoms with E-state index in [2.05, 4.69) is 21.2 Å². The molecule has 52 heavy (non-hydrogen) atoms. The van der Waals surface area contributed by atoms with E-state index in [9.17, 15) is 24.3 Å². The quantitative estimate of drug-likeness (QED) is 0.300. The molecule has 1 N–H and O–H groups in total. The van der Waals surface area contributed by atoms with Crippen molar-refractivity contribution >= 4 is 63.9 Å². The zero-order valence-electron chi connectivity index (χ0n) is 32.5. The number of halogens is 1. The Hall–Kier alpha value is -3.46. The number of fused-ring (bicyclic) bond motifs is 2. The van der Waals surface area contributed by atoms with Crippen molar-refractivity contribution in [3.05, 3.63) is 52.0 Å². The van der Waals surface area contributed by atoms with E-state index in [0.717, 1.165) is 32.4 Å². The smallest absolute Gasteiger partial charge is 0.494 e. The number of carbonyl (C=O) groups is 4. The predicted octanol–water partition coefficient (Wildman–Crippen LogP) is 5.74. The highest BCUT2D eigenvalue weighted by Gasteiger charge is 2.53. The molecule has 5 rings (SSSR count). The van der Waals surface area contributed by atoms with Gasteiger partial charge in [-0.2, -0.15) is 0 Å². The van der Waals surface area contributed by atoms with Crippen LogP contribution < -0.4 is 25.3 Å². The monoisotopic (exact) mass is 784 g/mol. The van der Waals surface area contributed by atoms with Crippen molar-refractivity contribution in [2.24, 2.45) is 0 Å². The van der Waals surface area contributed by atoms with Crippen LogP contribution in [-0.2, 0) is 23.6 Å². The SMILES string of the molecule is CC(=O)N1c2ccc(Br)cc2[C@H](NC(=O)OC(C)C)C[C@@H]1C.CCN(C(=O)[O-])[C@@H]1C[C@H](C)[N+](C)(C(C)=O)c2ccc(B3OC(C)(C)C(C)(C)O3)cc21. The number of alkyl carbamates (subject to hydrolysis) is 1. The van der Waals surface area contributed by atoms with Crippen molar-refractivity contribution in [2.75, 3.05) is 18.5 Å². The number of hydrogen-bond donors (Lipinski definition) is 1. The Kier molecular flexibility index (Phi) is 12.3. The second-order valence-corrected chi connectivity index (χ2v) is 16.4. The van der Waals surface area contributed by atoms with Crippen molar-refractivity contribution in [2.45, 2.75) is 130 Å². The zero-order valence-corrected chi connectivity index (χ0v) is 34.1. The van der Waals surface area contributed by atoms with Crippen LogP contribution in [0.3, 0.4) is 0 Å². The largest absolute Gasteiger partial charge is 0.530 e. The Morgan fingerprint density at radius 1 is 1.04 bits per heavy atom. The number of hydrogen-bond acceptors (Lipinski definition) is 8. The maximum Gasteiger partial charge on any atom is 0.494 e. The number of quaternary nitrogens is 1. The average molecular weight is 786 g/mol. The van der Waals surface area contributed by atoms with Gasteiger partial charge in [0.05, 0.1) is 49.4 Å².